The number of aromatic nitrogens is 12. The Kier molecular flexibility index (Phi) is 36.7. The van der Waals surface area contributed by atoms with E-state index in [0.717, 1.165) is 60.2 Å². The number of rotatable bonds is 23. The third-order valence-electron chi connectivity index (χ3n) is 14.3. The number of nitrogens with zero attached hydrogens (tertiary/aromatic N) is 13. The zero-order chi connectivity index (χ0) is 77.9. The molecule has 2 amide bonds. The molecule has 6 aromatic heterocycles. The van der Waals surface area contributed by atoms with E-state index in [1.807, 2.05) is 0 Å². The van der Waals surface area contributed by atoms with Gasteiger partial charge in [-0.2, -0.15) is 30.2 Å². The molecule has 41 heteroatoms. The second kappa shape index (κ2) is 45.4. The summed E-state index contributed by atoms with van der Waals surface area (Å²) in [5.74, 6) is -3.66. The van der Waals surface area contributed by atoms with Gasteiger partial charge >= 0.3 is 156 Å². The van der Waals surface area contributed by atoms with Crippen molar-refractivity contribution >= 4 is 76.4 Å². The minimum absolute atomic E-state index is 0. The van der Waals surface area contributed by atoms with Crippen molar-refractivity contribution in [1.29, 1.82) is 0 Å². The Bertz CT molecular complexity index is 5300. The van der Waals surface area contributed by atoms with E-state index in [0.29, 0.717) is 59.3 Å². The third-order valence-corrected chi connectivity index (χ3v) is 14.7. The first-order chi connectivity index (χ1) is 52.5. The van der Waals surface area contributed by atoms with Crippen LogP contribution < -0.4 is 176 Å². The smallest absolute Gasteiger partial charge is 1.00 e. The van der Waals surface area contributed by atoms with Crippen LogP contribution in [-0.2, 0) is 57.9 Å². The topological polar surface area (TPSA) is 391 Å². The van der Waals surface area contributed by atoms with E-state index >= 15 is 0 Å². The van der Waals surface area contributed by atoms with Gasteiger partial charge in [0, 0.05) is 81.5 Å². The molecule has 0 aliphatic carbocycles. The van der Waals surface area contributed by atoms with E-state index in [2.05, 4.69) is 60.7 Å². The summed E-state index contributed by atoms with van der Waals surface area (Å²) in [5.41, 5.74) is 9.76. The minimum Gasteiger partial charge on any atom is -1.00 e. The van der Waals surface area contributed by atoms with Crippen molar-refractivity contribution in [2.75, 3.05) is 73.9 Å². The van der Waals surface area contributed by atoms with Crippen LogP contribution in [0.2, 0.25) is 0 Å². The summed E-state index contributed by atoms with van der Waals surface area (Å²) >= 11 is 15.6. The van der Waals surface area contributed by atoms with E-state index in [9.17, 15) is 55.1 Å². The Morgan fingerprint density at radius 2 is 0.919 bits per heavy atom. The number of amides is 2. The zero-order valence-corrected chi connectivity index (χ0v) is 72.9. The number of ether oxygens (including phenoxy) is 3. The predicted molar refractivity (Wildman–Crippen MR) is 376 cm³/mol. The molecule has 0 unspecified atom stereocenters. The molecule has 1 aliphatic heterocycles. The number of hydrogen-bond acceptors (Lipinski definition) is 25. The van der Waals surface area contributed by atoms with Crippen molar-refractivity contribution in [1.82, 2.24) is 59.8 Å². The van der Waals surface area contributed by atoms with Gasteiger partial charge in [0.15, 0.2) is 0 Å². The van der Waals surface area contributed by atoms with Gasteiger partial charge < -0.3 is 45.1 Å². The van der Waals surface area contributed by atoms with Crippen molar-refractivity contribution in [3.05, 3.63) is 246 Å². The quantitative estimate of drug-likeness (QED) is 0.0177. The van der Waals surface area contributed by atoms with E-state index in [1.165, 1.54) is 55.3 Å². The standard InChI is InChI=1S/C23H18ClF2N5O4.C23H17F2N5O4.C19H13F2N5O2.C4H6Cl2O2.CH2O3.2Cs.H/c24-6-7-34-13-20(32)27-23-28-22(30-35-23)15-3-1-2-14(8-15)12-31-21(33)5-4-19(29-31)16-9-17(25)11-18(26)10-16;24-17-9-16(10-18(25)11-17)19-4-5-20(31)30(27-19)12-14-2-1-3-15(8-14)22-26-23(34-28-22)29-6-7-33-13-21(29)32;20-14-7-13(8-15(21)9-14)16-4-5-17(27)26(24-16)10-11-2-1-3-12(6-11)18-23-19(22)28-25-18;5-1-2-8-3-4(6)7;2-1-4-3;;;/h1-5,8-11H,6-7,12-13H2,(H,27,28,30,32);1-5,8-11H,6-7,12-13H2;1-9H,10H2,(H2,22,23,25);1-3H2;1,3H;;;/q;;;;;2*+1;-1/p-1. The van der Waals surface area contributed by atoms with E-state index < -0.39 is 51.6 Å². The first-order valence-corrected chi connectivity index (χ1v) is 33.0. The van der Waals surface area contributed by atoms with Crippen molar-refractivity contribution in [2.24, 2.45) is 0 Å². The largest absolute Gasteiger partial charge is 1.00 e. The summed E-state index contributed by atoms with van der Waals surface area (Å²) in [6, 6.07) is 38.4. The molecule has 7 heterocycles. The van der Waals surface area contributed by atoms with Gasteiger partial charge in [-0.15, -0.1) is 23.2 Å². The first-order valence-electron chi connectivity index (χ1n) is 31.6. The molecule has 1 saturated heterocycles. The molecule has 0 bridgehead atoms. The van der Waals surface area contributed by atoms with Crippen molar-refractivity contribution in [2.45, 2.75) is 19.6 Å². The number of anilines is 3. The number of morpholine rings is 1. The molecule has 111 heavy (non-hydrogen) atoms. The average molecular weight is 1830 g/mol. The second-order valence-corrected chi connectivity index (χ2v) is 23.4. The number of hydrogen-bond donors (Lipinski definition) is 2. The Labute approximate surface area is 756 Å². The van der Waals surface area contributed by atoms with Gasteiger partial charge in [0.05, 0.1) is 63.1 Å². The predicted octanol–water partition coefficient (Wildman–Crippen LogP) is 2.56. The molecule has 0 saturated carbocycles. The van der Waals surface area contributed by atoms with Gasteiger partial charge in [-0.05, 0) is 101 Å². The fourth-order valence-electron chi connectivity index (χ4n) is 9.69. The van der Waals surface area contributed by atoms with Crippen LogP contribution in [0.25, 0.3) is 67.9 Å². The van der Waals surface area contributed by atoms with Gasteiger partial charge in [-0.25, -0.2) is 40.4 Å². The number of benzene rings is 6. The van der Waals surface area contributed by atoms with Gasteiger partial charge in [-0.1, -0.05) is 70.1 Å². The van der Waals surface area contributed by atoms with Gasteiger partial charge in [-0.3, -0.25) is 43.8 Å². The molecule has 0 spiro atoms. The molecule has 566 valence electrons. The molecular weight excluding hydrogens is 1780 g/mol. The number of nitrogen functional groups attached to an aromatic ring is 1. The summed E-state index contributed by atoms with van der Waals surface area (Å²) < 4.78 is 115. The first kappa shape index (κ1) is 89.9. The molecule has 30 nitrogen and oxygen atoms in total. The van der Waals surface area contributed by atoms with Crippen LogP contribution in [0, 0.1) is 34.9 Å². The molecular formula is C70H56Cl3Cs2F6N15O15. The number of alkyl halides is 2. The van der Waals surface area contributed by atoms with Crippen LogP contribution in [0.3, 0.4) is 0 Å². The van der Waals surface area contributed by atoms with Crippen LogP contribution in [0.5, 0.6) is 0 Å². The van der Waals surface area contributed by atoms with Crippen molar-refractivity contribution < 1.29 is 223 Å². The van der Waals surface area contributed by atoms with E-state index in [-0.39, 0.29) is 278 Å². The Hall–Kier alpha value is -8.35. The maximum atomic E-state index is 13.6. The summed E-state index contributed by atoms with van der Waals surface area (Å²) in [7, 11) is 0. The molecule has 1 aliphatic rings. The normalized spacial score (nSPS) is 11.3. The van der Waals surface area contributed by atoms with Crippen molar-refractivity contribution in [3.63, 3.8) is 0 Å². The van der Waals surface area contributed by atoms with Crippen LogP contribution in [0.1, 0.15) is 18.1 Å². The van der Waals surface area contributed by atoms with Gasteiger partial charge in [0.1, 0.15) is 54.7 Å². The molecule has 12 aromatic rings. The molecule has 3 N–H and O–H groups in total. The number of nitrogens with two attached hydrogens (primary N) is 1. The maximum Gasteiger partial charge on any atom is 1.00 e. The summed E-state index contributed by atoms with van der Waals surface area (Å²) in [5, 5.41) is 34.7. The van der Waals surface area contributed by atoms with Gasteiger partial charge in [0.2, 0.25) is 22.7 Å². The molecule has 6 aromatic carbocycles. The number of nitrogens with one attached hydrogen (secondary N) is 1. The maximum absolute atomic E-state index is 13.6. The number of carbonyl (C=O) groups excluding carboxylic acids is 4. The Morgan fingerprint density at radius 3 is 1.30 bits per heavy atom. The minimum atomic E-state index is -0.745. The molecule has 13 rings (SSSR count). The fraction of sp³-hybridized carbons (Fsp3) is 0.171. The third kappa shape index (κ3) is 28.1. The van der Waals surface area contributed by atoms with Gasteiger partial charge in [0.25, 0.3) is 35.0 Å². The summed E-state index contributed by atoms with van der Waals surface area (Å²) in [6.07, 6.45) is 0. The van der Waals surface area contributed by atoms with E-state index in [4.69, 9.17) is 73.6 Å². The number of carbonyl (C=O) groups is 4. The monoisotopic (exact) mass is 1830 g/mol. The molecule has 0 atom stereocenters. The fourth-order valence-corrected chi connectivity index (χ4v) is 9.98. The number of halogens is 9. The summed E-state index contributed by atoms with van der Waals surface area (Å²) in [6.45, 7) is 1.15. The van der Waals surface area contributed by atoms with Crippen LogP contribution in [0.15, 0.2) is 192 Å². The van der Waals surface area contributed by atoms with Crippen molar-refractivity contribution in [3.8, 4) is 67.9 Å². The SMILES string of the molecule is Nc1nc(-c2cccc(Cn3nc(-c4cc(F)cc(F)c4)ccc3=O)c2)no1.O=C(COCCCl)Nc1nc(-c2cccc(Cn3nc(-c4cc(F)cc(F)c4)ccc3=O)c2)no1.O=C(Cl)COCCCl.O=C1COCCN1c1nc(-c2cccc(Cn3nc(-c4cc(F)cc(F)c4)ccc3=O)c2)no1.O=CO[O-].[Cs+].[Cs+].[H-]. The Balaban J connectivity index is 0.000000241. The van der Waals surface area contributed by atoms with Crippen LogP contribution in [0.4, 0.5) is 44.4 Å². The average Bonchev–Trinajstić information content (AvgIpc) is 1.43. The Morgan fingerprint density at radius 1 is 0.532 bits per heavy atom. The van der Waals surface area contributed by atoms with Crippen LogP contribution in [-0.4, -0.2) is 141 Å². The molecule has 1 fully saturated rings. The molecule has 0 radical (unpaired) electrons. The zero-order valence-electron chi connectivity index (χ0n) is 59.1. The summed E-state index contributed by atoms with van der Waals surface area (Å²) in [4.78, 5) is 95.6. The van der Waals surface area contributed by atoms with E-state index in [1.54, 1.807) is 72.8 Å². The second-order valence-electron chi connectivity index (χ2n) is 22.2. The van der Waals surface area contributed by atoms with Crippen LogP contribution >= 0.6 is 34.8 Å².